The molecular weight excluding hydrogens is 282 g/mol. The number of halogens is 1. The van der Waals surface area contributed by atoms with Crippen molar-refractivity contribution in [2.45, 2.75) is 25.7 Å². The summed E-state index contributed by atoms with van der Waals surface area (Å²) in [6.07, 6.45) is 4.87. The molecule has 1 fully saturated rings. The molecule has 1 aliphatic rings. The van der Waals surface area contributed by atoms with Gasteiger partial charge in [-0.1, -0.05) is 6.07 Å². The van der Waals surface area contributed by atoms with Gasteiger partial charge in [-0.05, 0) is 56.1 Å². The third-order valence-electron chi connectivity index (χ3n) is 3.39. The number of nitrogens with one attached hydrogen (secondary N) is 1. The van der Waals surface area contributed by atoms with Crippen LogP contribution in [0.1, 0.15) is 35.4 Å². The Labute approximate surface area is 125 Å². The van der Waals surface area contributed by atoms with Crippen molar-refractivity contribution >= 4 is 29.5 Å². The van der Waals surface area contributed by atoms with Crippen LogP contribution in [0.15, 0.2) is 17.5 Å². The molecule has 0 spiro atoms. The number of hydrogen-bond acceptors (Lipinski definition) is 4. The highest BCUT2D eigenvalue weighted by Gasteiger charge is 2.12. The predicted molar refractivity (Wildman–Crippen MR) is 81.5 cm³/mol. The number of thiophene rings is 1. The fourth-order valence-corrected chi connectivity index (χ4v) is 2.97. The van der Waals surface area contributed by atoms with Crippen LogP contribution in [0.4, 0.5) is 0 Å². The first-order chi connectivity index (χ1) is 8.86. The zero-order valence-electron chi connectivity index (χ0n) is 11.1. The molecular formula is C14H22ClNO2S. The number of carbonyl (C=O) groups is 1. The number of carbonyl (C=O) groups excluding carboxylic acids is 1. The van der Waals surface area contributed by atoms with Crippen LogP contribution < -0.4 is 5.32 Å². The summed E-state index contributed by atoms with van der Waals surface area (Å²) in [5, 5.41) is 5.29. The molecule has 5 heteroatoms. The summed E-state index contributed by atoms with van der Waals surface area (Å²) in [6.45, 7) is 3.25. The van der Waals surface area contributed by atoms with Gasteiger partial charge >= 0.3 is 0 Å². The highest BCUT2D eigenvalue weighted by molar-refractivity contribution is 7.12. The van der Waals surface area contributed by atoms with Crippen molar-refractivity contribution in [2.75, 3.05) is 26.3 Å². The lowest BCUT2D eigenvalue weighted by atomic mass is 9.93. The predicted octanol–water partition coefficient (Wildman–Crippen LogP) is 3.15. The molecule has 0 aliphatic carbocycles. The van der Waals surface area contributed by atoms with Gasteiger partial charge in [-0.2, -0.15) is 0 Å². The largest absolute Gasteiger partial charge is 0.373 e. The maximum absolute atomic E-state index is 11.6. The SMILES string of the molecule is Cl.O=C(COCCCC1CCNCC1)c1cccs1. The minimum Gasteiger partial charge on any atom is -0.373 e. The molecule has 0 radical (unpaired) electrons. The second-order valence-corrected chi connectivity index (χ2v) is 5.74. The Bertz CT molecular complexity index is 350. The molecule has 1 saturated heterocycles. The van der Waals surface area contributed by atoms with Gasteiger partial charge in [-0.25, -0.2) is 0 Å². The second kappa shape index (κ2) is 9.48. The Hall–Kier alpha value is -0.420. The van der Waals surface area contributed by atoms with Gasteiger partial charge < -0.3 is 10.1 Å². The van der Waals surface area contributed by atoms with Gasteiger partial charge in [0.15, 0.2) is 5.78 Å². The van der Waals surface area contributed by atoms with E-state index < -0.39 is 0 Å². The van der Waals surface area contributed by atoms with Gasteiger partial charge in [0.05, 0.1) is 4.88 Å². The zero-order valence-corrected chi connectivity index (χ0v) is 12.7. The van der Waals surface area contributed by atoms with Crippen molar-refractivity contribution in [3.8, 4) is 0 Å². The first-order valence-electron chi connectivity index (χ1n) is 6.71. The van der Waals surface area contributed by atoms with E-state index in [1.807, 2.05) is 17.5 Å². The molecule has 0 bridgehead atoms. The zero-order chi connectivity index (χ0) is 12.6. The number of rotatable bonds is 7. The maximum Gasteiger partial charge on any atom is 0.198 e. The molecule has 0 amide bonds. The molecule has 1 aliphatic heterocycles. The van der Waals surface area contributed by atoms with Crippen LogP contribution in [0.3, 0.4) is 0 Å². The Kier molecular flexibility index (Phi) is 8.30. The van der Waals surface area contributed by atoms with Crippen LogP contribution >= 0.6 is 23.7 Å². The van der Waals surface area contributed by atoms with Crippen LogP contribution in [0.25, 0.3) is 0 Å². The van der Waals surface area contributed by atoms with Gasteiger partial charge in [-0.15, -0.1) is 23.7 Å². The van der Waals surface area contributed by atoms with Crippen LogP contribution in [0.5, 0.6) is 0 Å². The molecule has 0 atom stereocenters. The molecule has 2 rings (SSSR count). The van der Waals surface area contributed by atoms with Crippen LogP contribution in [-0.4, -0.2) is 32.1 Å². The van der Waals surface area contributed by atoms with E-state index in [9.17, 15) is 4.79 Å². The van der Waals surface area contributed by atoms with E-state index in [1.54, 1.807) is 0 Å². The lowest BCUT2D eigenvalue weighted by Crippen LogP contribution is -2.27. The average molecular weight is 304 g/mol. The molecule has 1 aromatic rings. The van der Waals surface area contributed by atoms with Gasteiger partial charge in [0, 0.05) is 6.61 Å². The van der Waals surface area contributed by atoms with Gasteiger partial charge in [0.2, 0.25) is 0 Å². The number of hydrogen-bond donors (Lipinski definition) is 1. The fraction of sp³-hybridized carbons (Fsp3) is 0.643. The monoisotopic (exact) mass is 303 g/mol. The third-order valence-corrected chi connectivity index (χ3v) is 4.30. The van der Waals surface area contributed by atoms with Crippen molar-refractivity contribution in [3.05, 3.63) is 22.4 Å². The van der Waals surface area contributed by atoms with E-state index in [1.165, 1.54) is 30.6 Å². The van der Waals surface area contributed by atoms with E-state index in [-0.39, 0.29) is 24.8 Å². The van der Waals surface area contributed by atoms with Gasteiger partial charge in [-0.3, -0.25) is 4.79 Å². The Morgan fingerprint density at radius 1 is 1.42 bits per heavy atom. The van der Waals surface area contributed by atoms with Crippen LogP contribution in [0.2, 0.25) is 0 Å². The summed E-state index contributed by atoms with van der Waals surface area (Å²) in [4.78, 5) is 12.4. The van der Waals surface area contributed by atoms with E-state index in [0.29, 0.717) is 6.61 Å². The van der Waals surface area contributed by atoms with Gasteiger partial charge in [0.1, 0.15) is 6.61 Å². The smallest absolute Gasteiger partial charge is 0.198 e. The Balaban J connectivity index is 0.00000180. The number of ether oxygens (including phenoxy) is 1. The standard InChI is InChI=1S/C14H21NO2S.ClH/c16-13(14-4-2-10-18-14)11-17-9-1-3-12-5-7-15-8-6-12;/h2,4,10,12,15H,1,3,5-9,11H2;1H. The molecule has 0 aromatic carbocycles. The summed E-state index contributed by atoms with van der Waals surface area (Å²) in [6, 6.07) is 3.75. The van der Waals surface area contributed by atoms with Gasteiger partial charge in [0.25, 0.3) is 0 Å². The molecule has 3 nitrogen and oxygen atoms in total. The molecule has 0 saturated carbocycles. The number of ketones is 1. The second-order valence-electron chi connectivity index (χ2n) is 4.79. The van der Waals surface area contributed by atoms with Crippen molar-refractivity contribution in [1.82, 2.24) is 5.32 Å². The fourth-order valence-electron chi connectivity index (χ4n) is 2.32. The highest BCUT2D eigenvalue weighted by atomic mass is 35.5. The van der Waals surface area contributed by atoms with Crippen LogP contribution in [-0.2, 0) is 4.74 Å². The lowest BCUT2D eigenvalue weighted by Gasteiger charge is -2.22. The summed E-state index contributed by atoms with van der Waals surface area (Å²) < 4.78 is 5.45. The topological polar surface area (TPSA) is 38.3 Å². The first kappa shape index (κ1) is 16.6. The summed E-state index contributed by atoms with van der Waals surface area (Å²) >= 11 is 1.48. The van der Waals surface area contributed by atoms with Crippen molar-refractivity contribution in [2.24, 2.45) is 5.92 Å². The molecule has 19 heavy (non-hydrogen) atoms. The quantitative estimate of drug-likeness (QED) is 0.621. The minimum absolute atomic E-state index is 0. The van der Waals surface area contributed by atoms with E-state index in [0.717, 1.165) is 30.3 Å². The number of piperidine rings is 1. The number of Topliss-reactive ketones (excluding diaryl/α,β-unsaturated/α-hetero) is 1. The summed E-state index contributed by atoms with van der Waals surface area (Å²) in [5.74, 6) is 0.953. The molecule has 108 valence electrons. The van der Waals surface area contributed by atoms with Crippen LogP contribution in [0, 0.1) is 5.92 Å². The summed E-state index contributed by atoms with van der Waals surface area (Å²) in [7, 11) is 0. The lowest BCUT2D eigenvalue weighted by molar-refractivity contribution is 0.0748. The third kappa shape index (κ3) is 6.04. The maximum atomic E-state index is 11.6. The van der Waals surface area contributed by atoms with E-state index >= 15 is 0 Å². The average Bonchev–Trinajstić information content (AvgIpc) is 2.93. The summed E-state index contributed by atoms with van der Waals surface area (Å²) in [5.41, 5.74) is 0. The minimum atomic E-state index is 0. The van der Waals surface area contributed by atoms with Crippen molar-refractivity contribution in [1.29, 1.82) is 0 Å². The molecule has 0 unspecified atom stereocenters. The van der Waals surface area contributed by atoms with E-state index in [4.69, 9.17) is 4.74 Å². The van der Waals surface area contributed by atoms with Crippen molar-refractivity contribution < 1.29 is 9.53 Å². The Morgan fingerprint density at radius 3 is 2.89 bits per heavy atom. The van der Waals surface area contributed by atoms with E-state index in [2.05, 4.69) is 5.32 Å². The normalized spacial score (nSPS) is 16.0. The highest BCUT2D eigenvalue weighted by Crippen LogP contribution is 2.17. The molecule has 2 heterocycles. The van der Waals surface area contributed by atoms with Crippen molar-refractivity contribution in [3.63, 3.8) is 0 Å². The molecule has 1 aromatic heterocycles. The molecule has 1 N–H and O–H groups in total. The first-order valence-corrected chi connectivity index (χ1v) is 7.59. The Morgan fingerprint density at radius 2 is 2.21 bits per heavy atom.